The van der Waals surface area contributed by atoms with Crippen LogP contribution in [-0.2, 0) is 19.1 Å². The van der Waals surface area contributed by atoms with Gasteiger partial charge in [-0.1, -0.05) is 83.3 Å². The number of amides is 4. The van der Waals surface area contributed by atoms with Gasteiger partial charge in [-0.05, 0) is 52.1 Å². The highest BCUT2D eigenvalue weighted by molar-refractivity contribution is 6.78. The second kappa shape index (κ2) is 17.5. The number of hydrogen-bond acceptors (Lipinski definition) is 9. The van der Waals surface area contributed by atoms with Gasteiger partial charge in [0.15, 0.2) is 0 Å². The molecule has 0 radical (unpaired) electrons. The Morgan fingerprint density at radius 3 is 2.07 bits per heavy atom. The lowest BCUT2D eigenvalue weighted by Crippen LogP contribution is -2.54. The lowest BCUT2D eigenvalue weighted by molar-refractivity contribution is -0.137. The number of aromatic amines is 1. The summed E-state index contributed by atoms with van der Waals surface area (Å²) < 4.78 is 39.1. The van der Waals surface area contributed by atoms with Crippen molar-refractivity contribution in [1.82, 2.24) is 30.4 Å². The summed E-state index contributed by atoms with van der Waals surface area (Å²) in [5, 5.41) is 10.7. The summed E-state index contributed by atoms with van der Waals surface area (Å²) in [6, 6.07) is 15.8. The van der Waals surface area contributed by atoms with Crippen molar-refractivity contribution in [2.75, 3.05) is 44.5 Å². The van der Waals surface area contributed by atoms with Gasteiger partial charge in [-0.25, -0.2) is 23.4 Å². The number of ether oxygens (including phenoxy) is 2. The molecule has 0 spiro atoms. The number of benzene rings is 3. The summed E-state index contributed by atoms with van der Waals surface area (Å²) in [4.78, 5) is 62.0. The van der Waals surface area contributed by atoms with Gasteiger partial charge in [-0.3, -0.25) is 9.59 Å². The number of rotatable bonds is 12. The lowest BCUT2D eigenvalue weighted by atomic mass is 9.98. The Hall–Kier alpha value is -5.71. The number of H-pyrrole nitrogens is 1. The van der Waals surface area contributed by atoms with E-state index >= 15 is 0 Å². The number of nitrogens with one attached hydrogen (secondary N) is 4. The van der Waals surface area contributed by atoms with Crippen molar-refractivity contribution in [3.05, 3.63) is 66.6 Å². The van der Waals surface area contributed by atoms with Crippen LogP contribution in [0.1, 0.15) is 46.0 Å². The number of hydrogen-bond donors (Lipinski definition) is 5. The zero-order valence-corrected chi connectivity index (χ0v) is 36.4. The van der Waals surface area contributed by atoms with Gasteiger partial charge >= 0.3 is 12.2 Å². The summed E-state index contributed by atoms with van der Waals surface area (Å²) in [6.45, 7) is 11.5. The van der Waals surface area contributed by atoms with Crippen LogP contribution in [-0.4, -0.2) is 109 Å². The number of nitrogen functional groups attached to an aromatic ring is 1. The van der Waals surface area contributed by atoms with Crippen molar-refractivity contribution in [2.45, 2.75) is 83.3 Å². The third-order valence-corrected chi connectivity index (χ3v) is 14.2. The summed E-state index contributed by atoms with van der Waals surface area (Å²) >= 11 is 0. The fourth-order valence-electron chi connectivity index (χ4n) is 8.33. The first-order valence-corrected chi connectivity index (χ1v) is 23.6. The molecular weight excluding hydrogens is 791 g/mol. The van der Waals surface area contributed by atoms with Gasteiger partial charge < -0.3 is 45.9 Å². The molecule has 60 heavy (non-hydrogen) atoms. The summed E-state index contributed by atoms with van der Waals surface area (Å²) in [5.74, 6) is -4.15. The largest absolute Gasteiger partial charge is 0.453 e. The molecule has 0 aliphatic carbocycles. The van der Waals surface area contributed by atoms with Gasteiger partial charge in [0.05, 0.1) is 58.1 Å². The van der Waals surface area contributed by atoms with E-state index in [2.05, 4.69) is 49.8 Å². The minimum absolute atomic E-state index is 0.0774. The first kappa shape index (κ1) is 43.9. The average molecular weight is 847 g/mol. The van der Waals surface area contributed by atoms with Gasteiger partial charge in [0.1, 0.15) is 17.9 Å². The van der Waals surface area contributed by atoms with Crippen molar-refractivity contribution < 1.29 is 37.4 Å². The number of nitrogens with two attached hydrogens (primary N) is 1. The highest BCUT2D eigenvalue weighted by Gasteiger charge is 2.50. The standard InChI is InChI=1S/C43H56F2N8O6Si/c1-24(2)35(50-41(56)58-5)39(54)52-22-43(44,45)18-34(52)38-48-20-33(49-38)27-11-9-26(10-12-27)28-13-15-31-29(17-28)14-16-32(46)37(31)47-19-30-21-60(7,8)23-53(30)40(55)36(25(3)4)51-42(57)59-6/h9-17,20,24-25,30,34-36,47H,18-19,21-23,46H2,1-8H3,(H,48,49)(H,50,56)(H,51,57)/t30?,34-,35?,36-/m0/s1. The molecule has 6 N–H and O–H groups in total. The summed E-state index contributed by atoms with van der Waals surface area (Å²) in [5.41, 5.74) is 11.2. The highest BCUT2D eigenvalue weighted by Crippen LogP contribution is 2.41. The van der Waals surface area contributed by atoms with Crippen LogP contribution in [0.5, 0.6) is 0 Å². The zero-order chi connectivity index (χ0) is 43.7. The average Bonchev–Trinajstić information content (AvgIpc) is 3.92. The number of alkyl halides is 2. The second-order valence-corrected chi connectivity index (χ2v) is 22.4. The third-order valence-electron chi connectivity index (χ3n) is 11.5. The van der Waals surface area contributed by atoms with Gasteiger partial charge in [-0.15, -0.1) is 0 Å². The molecule has 4 amide bonds. The van der Waals surface area contributed by atoms with E-state index in [1.54, 1.807) is 20.0 Å². The van der Waals surface area contributed by atoms with E-state index in [1.165, 1.54) is 14.2 Å². The number of alkyl carbamates (subject to hydrolysis) is 2. The molecule has 2 aliphatic heterocycles. The number of halogens is 2. The van der Waals surface area contributed by atoms with Crippen molar-refractivity contribution in [2.24, 2.45) is 11.8 Å². The molecule has 3 heterocycles. The second-order valence-electron chi connectivity index (χ2n) is 17.4. The number of fused-ring (bicyclic) bond motifs is 1. The van der Waals surface area contributed by atoms with Crippen LogP contribution in [0.3, 0.4) is 0 Å². The Kier molecular flexibility index (Phi) is 12.8. The predicted molar refractivity (Wildman–Crippen MR) is 230 cm³/mol. The van der Waals surface area contributed by atoms with E-state index in [-0.39, 0.29) is 29.6 Å². The lowest BCUT2D eigenvalue weighted by Gasteiger charge is -2.31. The van der Waals surface area contributed by atoms with Gasteiger partial charge in [0.2, 0.25) is 11.8 Å². The van der Waals surface area contributed by atoms with Crippen molar-refractivity contribution >= 4 is 54.2 Å². The van der Waals surface area contributed by atoms with Crippen LogP contribution in [0.4, 0.5) is 29.7 Å². The molecule has 17 heteroatoms. The Labute approximate surface area is 349 Å². The van der Waals surface area contributed by atoms with Crippen molar-refractivity contribution in [3.63, 3.8) is 0 Å². The minimum atomic E-state index is -3.14. The first-order chi connectivity index (χ1) is 28.3. The molecule has 3 aromatic carbocycles. The fraction of sp³-hybridized carbons (Fsp3) is 0.465. The number of carbonyl (C=O) groups is 4. The monoisotopic (exact) mass is 846 g/mol. The van der Waals surface area contributed by atoms with E-state index < -0.39 is 63.2 Å². The molecule has 14 nitrogen and oxygen atoms in total. The van der Waals surface area contributed by atoms with Crippen LogP contribution >= 0.6 is 0 Å². The van der Waals surface area contributed by atoms with Crippen molar-refractivity contribution in [1.29, 1.82) is 0 Å². The molecule has 4 atom stereocenters. The van der Waals surface area contributed by atoms with E-state index in [4.69, 9.17) is 10.5 Å². The smallest absolute Gasteiger partial charge is 0.407 e. The zero-order valence-electron chi connectivity index (χ0n) is 35.4. The molecular formula is C43H56F2N8O6Si. The molecule has 1 aromatic heterocycles. The maximum Gasteiger partial charge on any atom is 0.407 e. The molecule has 6 rings (SSSR count). The SMILES string of the molecule is COC(=O)NC(C(=O)N1CC(F)(F)C[C@H]1c1ncc(-c2ccc(-c3ccc4c(NCC5C[Si](C)(C)CN5C(=O)[C@@H](NC(=O)OC)C(C)C)c(N)ccc4c3)cc2)[nH]1)C(C)C. The van der Waals surface area contributed by atoms with Gasteiger partial charge in [-0.2, -0.15) is 0 Å². The van der Waals surface area contributed by atoms with E-state index in [0.717, 1.165) is 44.1 Å². The van der Waals surface area contributed by atoms with Crippen LogP contribution in [0.25, 0.3) is 33.2 Å². The molecule has 0 bridgehead atoms. The maximum absolute atomic E-state index is 14.8. The quantitative estimate of drug-likeness (QED) is 0.0739. The molecule has 2 unspecified atom stereocenters. The number of methoxy groups -OCH3 is 2. The Morgan fingerprint density at radius 1 is 0.883 bits per heavy atom. The Morgan fingerprint density at radius 2 is 1.47 bits per heavy atom. The molecule has 2 saturated heterocycles. The number of likely N-dealkylation sites (tertiary alicyclic amines) is 1. The maximum atomic E-state index is 14.8. The molecule has 322 valence electrons. The van der Waals surface area contributed by atoms with Crippen LogP contribution in [0.15, 0.2) is 60.8 Å². The molecule has 2 fully saturated rings. The molecule has 2 aliphatic rings. The van der Waals surface area contributed by atoms with Gasteiger partial charge in [0, 0.05) is 30.6 Å². The number of anilines is 2. The summed E-state index contributed by atoms with van der Waals surface area (Å²) in [7, 11) is 0.721. The van der Waals surface area contributed by atoms with Crippen LogP contribution in [0.2, 0.25) is 19.1 Å². The normalized spacial score (nSPS) is 19.3. The fourth-order valence-corrected chi connectivity index (χ4v) is 11.4. The predicted octanol–water partition coefficient (Wildman–Crippen LogP) is 7.02. The number of imidazole rings is 1. The van der Waals surface area contributed by atoms with Crippen molar-refractivity contribution in [3.8, 4) is 22.4 Å². The van der Waals surface area contributed by atoms with E-state index in [0.29, 0.717) is 24.1 Å². The number of nitrogens with zero attached hydrogens (tertiary/aromatic N) is 3. The Bertz CT molecular complexity index is 2230. The van der Waals surface area contributed by atoms with E-state index in [1.807, 2.05) is 67.3 Å². The van der Waals surface area contributed by atoms with E-state index in [9.17, 15) is 28.0 Å². The number of carbonyl (C=O) groups excluding carboxylic acids is 4. The Balaban J connectivity index is 1.18. The topological polar surface area (TPSA) is 184 Å². The van der Waals surface area contributed by atoms with Gasteiger partial charge in [0.25, 0.3) is 5.92 Å². The molecule has 4 aromatic rings. The third kappa shape index (κ3) is 9.51. The number of aromatic nitrogens is 2. The molecule has 0 saturated carbocycles. The summed E-state index contributed by atoms with van der Waals surface area (Å²) in [6.07, 6.45) is 0.197. The minimum Gasteiger partial charge on any atom is -0.453 e. The van der Waals surface area contributed by atoms with Crippen LogP contribution < -0.4 is 21.7 Å². The first-order valence-electron chi connectivity index (χ1n) is 20.2. The van der Waals surface area contributed by atoms with Crippen LogP contribution in [0, 0.1) is 11.8 Å². The highest BCUT2D eigenvalue weighted by atomic mass is 28.3.